The van der Waals surface area contributed by atoms with Crippen molar-refractivity contribution in [3.63, 3.8) is 0 Å². The number of aryl methyl sites for hydroxylation is 4. The number of hydrogen-bond acceptors (Lipinski definition) is 3. The van der Waals surface area contributed by atoms with Crippen LogP contribution in [0.15, 0.2) is 109 Å². The summed E-state index contributed by atoms with van der Waals surface area (Å²) in [5, 5.41) is 9.88. The number of para-hydroxylation sites is 2. The Morgan fingerprint density at radius 3 is 1.24 bits per heavy atom. The average molecular weight is 551 g/mol. The van der Waals surface area contributed by atoms with E-state index in [0.717, 1.165) is 45.0 Å². The summed E-state index contributed by atoms with van der Waals surface area (Å²) < 4.78 is 3.63. The van der Waals surface area contributed by atoms with Gasteiger partial charge in [0.05, 0.1) is 22.8 Å². The Hall–Kier alpha value is -5.03. The molecule has 0 saturated heterocycles. The second kappa shape index (κ2) is 11.5. The third-order valence-electron chi connectivity index (χ3n) is 7.80. The van der Waals surface area contributed by atoms with Crippen LogP contribution in [-0.4, -0.2) is 25.3 Å². The third kappa shape index (κ3) is 5.34. The van der Waals surface area contributed by atoms with Gasteiger partial charge in [-0.15, -0.1) is 0 Å². The second-order valence-corrected chi connectivity index (χ2v) is 11.0. The van der Waals surface area contributed by atoms with Crippen molar-refractivity contribution in [3.8, 4) is 11.4 Å². The van der Waals surface area contributed by atoms with Gasteiger partial charge in [0.1, 0.15) is 11.4 Å². The van der Waals surface area contributed by atoms with Crippen LogP contribution in [0.5, 0.6) is 0 Å². The molecule has 0 spiro atoms. The molecule has 0 N–H and O–H groups in total. The minimum absolute atomic E-state index is 0.0897. The lowest BCUT2D eigenvalue weighted by atomic mass is 9.95. The van der Waals surface area contributed by atoms with Gasteiger partial charge in [0.15, 0.2) is 0 Å². The van der Waals surface area contributed by atoms with Gasteiger partial charge in [-0.25, -0.2) is 9.36 Å². The molecule has 5 nitrogen and oxygen atoms in total. The Balaban J connectivity index is 1.57. The Kier molecular flexibility index (Phi) is 7.41. The van der Waals surface area contributed by atoms with Crippen LogP contribution >= 0.6 is 0 Å². The highest BCUT2D eigenvalue weighted by Crippen LogP contribution is 2.29. The summed E-state index contributed by atoms with van der Waals surface area (Å²) >= 11 is 0. The topological polar surface area (TPSA) is 52.7 Å². The normalized spacial score (nSPS) is 11.1. The van der Waals surface area contributed by atoms with Gasteiger partial charge in [-0.1, -0.05) is 96.1 Å². The van der Waals surface area contributed by atoms with E-state index in [0.29, 0.717) is 24.2 Å². The molecule has 42 heavy (non-hydrogen) atoms. The van der Waals surface area contributed by atoms with Crippen LogP contribution in [0.4, 0.5) is 0 Å². The van der Waals surface area contributed by atoms with Crippen LogP contribution in [-0.2, 0) is 12.8 Å². The van der Waals surface area contributed by atoms with E-state index in [1.807, 2.05) is 83.9 Å². The quantitative estimate of drug-likeness (QED) is 0.182. The zero-order chi connectivity index (χ0) is 29.2. The van der Waals surface area contributed by atoms with E-state index in [9.17, 15) is 0 Å². The van der Waals surface area contributed by atoms with Gasteiger partial charge in [0.25, 0.3) is 0 Å². The van der Waals surface area contributed by atoms with Crippen LogP contribution in [0.2, 0.25) is 0 Å². The third-order valence-corrected chi connectivity index (χ3v) is 7.80. The van der Waals surface area contributed by atoms with Gasteiger partial charge >= 0.3 is 0 Å². The van der Waals surface area contributed by atoms with Crippen molar-refractivity contribution >= 4 is 5.78 Å². The first-order valence-corrected chi connectivity index (χ1v) is 14.3. The van der Waals surface area contributed by atoms with E-state index in [-0.39, 0.29) is 5.78 Å². The number of ketones is 1. The average Bonchev–Trinajstić information content (AvgIpc) is 3.52. The summed E-state index contributed by atoms with van der Waals surface area (Å²) in [4.78, 5) is 15.1. The monoisotopic (exact) mass is 550 g/mol. The van der Waals surface area contributed by atoms with Crippen LogP contribution in [0.1, 0.15) is 61.0 Å². The van der Waals surface area contributed by atoms with Gasteiger partial charge in [0.2, 0.25) is 5.78 Å². The van der Waals surface area contributed by atoms with Crippen LogP contribution in [0, 0.1) is 27.7 Å². The Bertz CT molecular complexity index is 1710. The maximum absolute atomic E-state index is 15.1. The maximum atomic E-state index is 15.1. The molecule has 0 aliphatic carbocycles. The molecular weight excluding hydrogens is 516 g/mol. The molecule has 5 heteroatoms. The molecule has 0 aliphatic heterocycles. The molecule has 208 valence electrons. The molecule has 2 heterocycles. The number of nitrogens with zero attached hydrogens (tertiary/aromatic N) is 4. The van der Waals surface area contributed by atoms with Crippen molar-refractivity contribution in [2.24, 2.45) is 0 Å². The summed E-state index contributed by atoms with van der Waals surface area (Å²) in [5.41, 5.74) is 11.0. The van der Waals surface area contributed by atoms with Crippen molar-refractivity contribution in [3.05, 3.63) is 165 Å². The highest BCUT2D eigenvalue weighted by Gasteiger charge is 2.30. The minimum Gasteiger partial charge on any atom is -0.285 e. The van der Waals surface area contributed by atoms with Crippen molar-refractivity contribution in [1.82, 2.24) is 19.6 Å². The Morgan fingerprint density at radius 2 is 0.881 bits per heavy atom. The lowest BCUT2D eigenvalue weighted by molar-refractivity contribution is 0.102. The molecular formula is C37H34N4O. The van der Waals surface area contributed by atoms with Crippen LogP contribution < -0.4 is 0 Å². The van der Waals surface area contributed by atoms with Gasteiger partial charge in [0, 0.05) is 24.0 Å². The van der Waals surface area contributed by atoms with E-state index in [1.165, 1.54) is 11.1 Å². The largest absolute Gasteiger partial charge is 0.285 e. The van der Waals surface area contributed by atoms with E-state index in [1.54, 1.807) is 0 Å². The van der Waals surface area contributed by atoms with Crippen LogP contribution in [0.25, 0.3) is 11.4 Å². The number of aromatic nitrogens is 4. The summed E-state index contributed by atoms with van der Waals surface area (Å²) in [7, 11) is 0. The summed E-state index contributed by atoms with van der Waals surface area (Å²) in [6.45, 7) is 8.15. The molecule has 0 unspecified atom stereocenters. The summed E-state index contributed by atoms with van der Waals surface area (Å²) in [6.07, 6.45) is 1.21. The number of hydrogen-bond donors (Lipinski definition) is 0. The molecule has 6 rings (SSSR count). The van der Waals surface area contributed by atoms with Gasteiger partial charge in [-0.2, -0.15) is 10.2 Å². The SMILES string of the molecule is Cc1ccc(Cc2c(C)nn(-c3ccccc3)c2C(=O)c2c(Cc3ccc(C)cc3)c(C)nn2-c2ccccc2)cc1. The summed E-state index contributed by atoms with van der Waals surface area (Å²) in [6, 6.07) is 36.8. The lowest BCUT2D eigenvalue weighted by Gasteiger charge is -2.13. The van der Waals surface area contributed by atoms with E-state index in [4.69, 9.17) is 10.2 Å². The number of carbonyl (C=O) groups excluding carboxylic acids is 1. The predicted molar refractivity (Wildman–Crippen MR) is 168 cm³/mol. The second-order valence-electron chi connectivity index (χ2n) is 11.0. The number of benzene rings is 4. The maximum Gasteiger partial charge on any atom is 0.230 e. The first-order chi connectivity index (χ1) is 20.4. The lowest BCUT2D eigenvalue weighted by Crippen LogP contribution is -2.18. The molecule has 0 aliphatic rings. The fourth-order valence-electron chi connectivity index (χ4n) is 5.45. The first-order valence-electron chi connectivity index (χ1n) is 14.3. The van der Waals surface area contributed by atoms with Gasteiger partial charge in [-0.05, 0) is 63.1 Å². The fraction of sp³-hybridized carbons (Fsp3) is 0.162. The molecule has 4 aromatic carbocycles. The molecule has 6 aromatic rings. The number of rotatable bonds is 8. The summed E-state index contributed by atoms with van der Waals surface area (Å²) in [5.74, 6) is -0.0897. The molecule has 0 atom stereocenters. The van der Waals surface area contributed by atoms with E-state index >= 15 is 4.79 Å². The smallest absolute Gasteiger partial charge is 0.230 e. The Labute approximate surface area is 247 Å². The molecule has 0 amide bonds. The zero-order valence-electron chi connectivity index (χ0n) is 24.5. The van der Waals surface area contributed by atoms with Gasteiger partial charge < -0.3 is 0 Å². The van der Waals surface area contributed by atoms with Crippen molar-refractivity contribution in [2.45, 2.75) is 40.5 Å². The standard InChI is InChI=1S/C37H34N4O/c1-25-15-19-29(20-16-25)23-33-27(3)38-40(31-11-7-5-8-12-31)35(33)37(42)36-34(24-30-21-17-26(2)18-22-30)28(4)39-41(36)32-13-9-6-10-14-32/h5-22H,23-24H2,1-4H3. The van der Waals surface area contributed by atoms with E-state index in [2.05, 4.69) is 62.4 Å². The Morgan fingerprint density at radius 1 is 0.524 bits per heavy atom. The van der Waals surface area contributed by atoms with Crippen molar-refractivity contribution in [1.29, 1.82) is 0 Å². The van der Waals surface area contributed by atoms with Crippen molar-refractivity contribution < 1.29 is 4.79 Å². The molecule has 0 fully saturated rings. The van der Waals surface area contributed by atoms with Crippen LogP contribution in [0.3, 0.4) is 0 Å². The molecule has 0 saturated carbocycles. The van der Waals surface area contributed by atoms with E-state index < -0.39 is 0 Å². The number of carbonyl (C=O) groups is 1. The predicted octanol–water partition coefficient (Wildman–Crippen LogP) is 7.70. The first kappa shape index (κ1) is 27.2. The fourth-order valence-corrected chi connectivity index (χ4v) is 5.45. The highest BCUT2D eigenvalue weighted by atomic mass is 16.1. The van der Waals surface area contributed by atoms with Gasteiger partial charge in [-0.3, -0.25) is 4.79 Å². The molecule has 0 bridgehead atoms. The van der Waals surface area contributed by atoms with Crippen molar-refractivity contribution in [2.75, 3.05) is 0 Å². The molecule has 0 radical (unpaired) electrons. The minimum atomic E-state index is -0.0897. The highest BCUT2D eigenvalue weighted by molar-refractivity contribution is 6.09. The zero-order valence-corrected chi connectivity index (χ0v) is 24.5. The molecule has 2 aromatic heterocycles.